The van der Waals surface area contributed by atoms with E-state index >= 15 is 0 Å². The SMILES string of the molecule is O=C(Cc1nnc(-c2cnc(NC3Cc4ccccc4C3)nc2)[nH]1)N1CCc2[nH]nnc2C1. The van der Waals surface area contributed by atoms with Gasteiger partial charge in [-0.3, -0.25) is 9.89 Å². The van der Waals surface area contributed by atoms with Crippen molar-refractivity contribution in [3.05, 3.63) is 65.0 Å². The van der Waals surface area contributed by atoms with Crippen molar-refractivity contribution in [1.29, 1.82) is 0 Å². The number of amides is 1. The number of nitrogens with zero attached hydrogens (tertiary/aromatic N) is 7. The van der Waals surface area contributed by atoms with E-state index in [1.54, 1.807) is 17.3 Å². The minimum absolute atomic E-state index is 0.0280. The van der Waals surface area contributed by atoms with E-state index < -0.39 is 0 Å². The summed E-state index contributed by atoms with van der Waals surface area (Å²) in [6.07, 6.45) is 6.22. The van der Waals surface area contributed by atoms with Gasteiger partial charge in [-0.1, -0.05) is 29.5 Å². The predicted octanol–water partition coefficient (Wildman–Crippen LogP) is 1.09. The first-order valence-electron chi connectivity index (χ1n) is 10.9. The summed E-state index contributed by atoms with van der Waals surface area (Å²) in [4.78, 5) is 26.4. The first kappa shape index (κ1) is 19.5. The number of fused-ring (bicyclic) bond motifs is 2. The Hall–Kier alpha value is -4.15. The van der Waals surface area contributed by atoms with Gasteiger partial charge in [-0.2, -0.15) is 0 Å². The van der Waals surface area contributed by atoms with Gasteiger partial charge in [-0.05, 0) is 24.0 Å². The lowest BCUT2D eigenvalue weighted by atomic mass is 10.1. The van der Waals surface area contributed by atoms with Crippen LogP contribution in [0.15, 0.2) is 36.7 Å². The molecule has 4 aromatic rings. The molecule has 3 aromatic heterocycles. The molecule has 0 saturated carbocycles. The normalized spacial score (nSPS) is 15.3. The molecule has 0 unspecified atom stereocenters. The van der Waals surface area contributed by atoms with Crippen molar-refractivity contribution in [3.63, 3.8) is 0 Å². The average Bonchev–Trinajstić information content (AvgIpc) is 3.58. The smallest absolute Gasteiger partial charge is 0.230 e. The molecule has 166 valence electrons. The Morgan fingerprint density at radius 3 is 2.67 bits per heavy atom. The van der Waals surface area contributed by atoms with Crippen LogP contribution in [0.4, 0.5) is 5.95 Å². The Morgan fingerprint density at radius 2 is 1.88 bits per heavy atom. The van der Waals surface area contributed by atoms with Gasteiger partial charge in [0.1, 0.15) is 11.5 Å². The predicted molar refractivity (Wildman–Crippen MR) is 118 cm³/mol. The number of rotatable bonds is 5. The number of aromatic amines is 2. The van der Waals surface area contributed by atoms with Gasteiger partial charge in [-0.25, -0.2) is 9.97 Å². The monoisotopic (exact) mass is 442 g/mol. The lowest BCUT2D eigenvalue weighted by molar-refractivity contribution is -0.131. The Morgan fingerprint density at radius 1 is 1.09 bits per heavy atom. The lowest BCUT2D eigenvalue weighted by Crippen LogP contribution is -2.37. The summed E-state index contributed by atoms with van der Waals surface area (Å²) in [5, 5.41) is 22.4. The van der Waals surface area contributed by atoms with Gasteiger partial charge in [-0.15, -0.1) is 15.3 Å². The quantitative estimate of drug-likeness (QED) is 0.417. The summed E-state index contributed by atoms with van der Waals surface area (Å²) in [5.74, 6) is 1.60. The Balaban J connectivity index is 1.07. The number of carbonyl (C=O) groups is 1. The van der Waals surface area contributed by atoms with E-state index in [0.717, 1.165) is 30.7 Å². The number of hydrogen-bond acceptors (Lipinski definition) is 8. The number of aromatic nitrogens is 8. The Labute approximate surface area is 189 Å². The van der Waals surface area contributed by atoms with Gasteiger partial charge in [0.25, 0.3) is 0 Å². The number of benzene rings is 1. The van der Waals surface area contributed by atoms with Gasteiger partial charge in [0, 0.05) is 31.4 Å². The van der Waals surface area contributed by atoms with Crippen LogP contribution in [0.5, 0.6) is 0 Å². The molecule has 1 amide bonds. The van der Waals surface area contributed by atoms with Crippen molar-refractivity contribution in [2.75, 3.05) is 11.9 Å². The fraction of sp³-hybridized carbons (Fsp3) is 0.318. The van der Waals surface area contributed by atoms with Gasteiger partial charge in [0.2, 0.25) is 11.9 Å². The molecule has 0 fully saturated rings. The highest BCUT2D eigenvalue weighted by atomic mass is 16.2. The fourth-order valence-corrected chi connectivity index (χ4v) is 4.45. The van der Waals surface area contributed by atoms with Crippen LogP contribution in [-0.4, -0.2) is 64.0 Å². The van der Waals surface area contributed by atoms with Crippen LogP contribution in [0.25, 0.3) is 11.4 Å². The fourth-order valence-electron chi connectivity index (χ4n) is 4.45. The van der Waals surface area contributed by atoms with Crippen LogP contribution in [0.1, 0.15) is 28.3 Å². The van der Waals surface area contributed by atoms with Crippen molar-refractivity contribution in [2.24, 2.45) is 0 Å². The summed E-state index contributed by atoms with van der Waals surface area (Å²) < 4.78 is 0. The number of nitrogens with one attached hydrogen (secondary N) is 3. The van der Waals surface area contributed by atoms with Crippen molar-refractivity contribution in [1.82, 2.24) is 45.5 Å². The number of H-pyrrole nitrogens is 2. The molecule has 33 heavy (non-hydrogen) atoms. The van der Waals surface area contributed by atoms with Crippen LogP contribution in [0, 0.1) is 0 Å². The molecule has 3 N–H and O–H groups in total. The zero-order valence-corrected chi connectivity index (χ0v) is 17.8. The summed E-state index contributed by atoms with van der Waals surface area (Å²) in [6.45, 7) is 1.09. The molecule has 11 nitrogen and oxygen atoms in total. The summed E-state index contributed by atoms with van der Waals surface area (Å²) in [6, 6.07) is 8.78. The highest BCUT2D eigenvalue weighted by molar-refractivity contribution is 5.78. The van der Waals surface area contributed by atoms with Crippen LogP contribution < -0.4 is 5.32 Å². The van der Waals surface area contributed by atoms with Gasteiger partial charge in [0.05, 0.1) is 24.2 Å². The maximum absolute atomic E-state index is 12.7. The zero-order chi connectivity index (χ0) is 22.2. The number of hydrogen-bond donors (Lipinski definition) is 3. The third kappa shape index (κ3) is 3.93. The first-order valence-corrected chi connectivity index (χ1v) is 10.9. The second-order valence-electron chi connectivity index (χ2n) is 8.41. The van der Waals surface area contributed by atoms with Gasteiger partial charge in [0.15, 0.2) is 5.82 Å². The number of anilines is 1. The van der Waals surface area contributed by atoms with Gasteiger partial charge < -0.3 is 15.2 Å². The van der Waals surface area contributed by atoms with Gasteiger partial charge >= 0.3 is 0 Å². The maximum Gasteiger partial charge on any atom is 0.230 e. The molecular formula is C22H22N10O. The Kier molecular flexibility index (Phi) is 4.78. The molecule has 0 atom stereocenters. The third-order valence-electron chi connectivity index (χ3n) is 6.19. The van der Waals surface area contributed by atoms with E-state index in [1.807, 2.05) is 0 Å². The van der Waals surface area contributed by atoms with E-state index in [4.69, 9.17) is 0 Å². The molecule has 0 saturated heterocycles. The molecule has 0 bridgehead atoms. The highest BCUT2D eigenvalue weighted by Gasteiger charge is 2.24. The molecule has 11 heteroatoms. The zero-order valence-electron chi connectivity index (χ0n) is 17.8. The third-order valence-corrected chi connectivity index (χ3v) is 6.19. The van der Waals surface area contributed by atoms with E-state index in [-0.39, 0.29) is 12.3 Å². The van der Waals surface area contributed by atoms with Crippen LogP contribution >= 0.6 is 0 Å². The topological polar surface area (TPSA) is 141 Å². The van der Waals surface area contributed by atoms with Crippen molar-refractivity contribution < 1.29 is 4.79 Å². The summed E-state index contributed by atoms with van der Waals surface area (Å²) in [5.41, 5.74) is 5.28. The molecule has 6 rings (SSSR count). The Bertz CT molecular complexity index is 1270. The van der Waals surface area contributed by atoms with Crippen LogP contribution in [0.3, 0.4) is 0 Å². The summed E-state index contributed by atoms with van der Waals surface area (Å²) >= 11 is 0. The molecule has 4 heterocycles. The van der Waals surface area contributed by atoms with E-state index in [2.05, 4.69) is 70.1 Å². The average molecular weight is 442 g/mol. The van der Waals surface area contributed by atoms with E-state index in [1.165, 1.54) is 11.1 Å². The highest BCUT2D eigenvalue weighted by Crippen LogP contribution is 2.24. The minimum Gasteiger partial charge on any atom is -0.351 e. The van der Waals surface area contributed by atoms with E-state index in [9.17, 15) is 4.79 Å². The first-order chi connectivity index (χ1) is 16.2. The minimum atomic E-state index is -0.0280. The lowest BCUT2D eigenvalue weighted by Gasteiger charge is -2.25. The molecule has 0 radical (unpaired) electrons. The van der Waals surface area contributed by atoms with E-state index in [0.29, 0.717) is 42.3 Å². The number of carbonyl (C=O) groups excluding carboxylic acids is 1. The van der Waals surface area contributed by atoms with Crippen molar-refractivity contribution >= 4 is 11.9 Å². The second kappa shape index (κ2) is 8.08. The van der Waals surface area contributed by atoms with Crippen molar-refractivity contribution in [2.45, 2.75) is 38.3 Å². The molecule has 2 aliphatic rings. The second-order valence-corrected chi connectivity index (χ2v) is 8.41. The van der Waals surface area contributed by atoms with Crippen LogP contribution in [-0.2, 0) is 37.0 Å². The standard InChI is InChI=1S/C22H22N10O/c33-20(32-6-5-17-18(12-32)28-31-27-17)9-19-26-21(30-29-19)15-10-23-22(24-11-15)25-16-7-13-3-1-2-4-14(13)8-16/h1-4,10-11,16H,5-9,12H2,(H,23,24,25)(H,26,29,30)(H,27,28,31). The molecule has 1 aliphatic heterocycles. The molecule has 0 spiro atoms. The molecular weight excluding hydrogens is 420 g/mol. The molecule has 1 aliphatic carbocycles. The summed E-state index contributed by atoms with van der Waals surface area (Å²) in [7, 11) is 0. The van der Waals surface area contributed by atoms with Crippen LogP contribution in [0.2, 0.25) is 0 Å². The maximum atomic E-state index is 12.7. The van der Waals surface area contributed by atoms with Crippen molar-refractivity contribution in [3.8, 4) is 11.4 Å². The molecule has 1 aromatic carbocycles. The largest absolute Gasteiger partial charge is 0.351 e.